The summed E-state index contributed by atoms with van der Waals surface area (Å²) in [6.45, 7) is 2.83. The average molecular weight is 470 g/mol. The number of hydrogen-bond acceptors (Lipinski definition) is 4. The van der Waals surface area contributed by atoms with Gasteiger partial charge in [0.25, 0.3) is 20.2 Å². The van der Waals surface area contributed by atoms with E-state index in [1.807, 2.05) is 0 Å². The van der Waals surface area contributed by atoms with Crippen molar-refractivity contribution in [1.82, 2.24) is 0 Å². The van der Waals surface area contributed by atoms with Gasteiger partial charge in [0.15, 0.2) is 0 Å². The summed E-state index contributed by atoms with van der Waals surface area (Å²) in [6.07, 6.45) is -3.46. The van der Waals surface area contributed by atoms with Crippen molar-refractivity contribution in [2.24, 2.45) is 0 Å². The van der Waals surface area contributed by atoms with Crippen LogP contribution in [0.15, 0.2) is 46.2 Å². The zero-order valence-electron chi connectivity index (χ0n) is 15.7. The van der Waals surface area contributed by atoms with E-state index in [4.69, 9.17) is 0 Å². The number of hydrogen-bond donors (Lipinski definition) is 2. The van der Waals surface area contributed by atoms with Gasteiger partial charge in [0.05, 0.1) is 9.79 Å². The fourth-order valence-electron chi connectivity index (χ4n) is 2.93. The van der Waals surface area contributed by atoms with Crippen LogP contribution >= 0.6 is 0 Å². The zero-order chi connectivity index (χ0) is 23.1. The molecule has 2 rings (SSSR count). The van der Waals surface area contributed by atoms with Crippen molar-refractivity contribution in [1.29, 1.82) is 0 Å². The summed E-state index contributed by atoms with van der Waals surface area (Å²) in [5.74, 6) is -9.64. The summed E-state index contributed by atoms with van der Waals surface area (Å²) in [4.78, 5) is -1.87. The molecule has 0 heterocycles. The highest BCUT2D eigenvalue weighted by molar-refractivity contribution is 7.86. The molecule has 0 spiro atoms. The molecule has 0 saturated heterocycles. The number of rotatable bonds is 7. The highest BCUT2D eigenvalue weighted by atomic mass is 32.2. The minimum atomic E-state index is -4.95. The van der Waals surface area contributed by atoms with E-state index in [1.54, 1.807) is 0 Å². The summed E-state index contributed by atoms with van der Waals surface area (Å²) in [7, 11) is -9.90. The van der Waals surface area contributed by atoms with Gasteiger partial charge in [-0.1, -0.05) is 35.4 Å². The maximum atomic E-state index is 14.6. The molecule has 2 aromatic rings. The molecule has 2 aromatic carbocycles. The van der Waals surface area contributed by atoms with Crippen molar-refractivity contribution < 1.29 is 43.5 Å². The highest BCUT2D eigenvalue weighted by Gasteiger charge is 2.56. The summed E-state index contributed by atoms with van der Waals surface area (Å²) >= 11 is 0. The minimum absolute atomic E-state index is 0.295. The van der Waals surface area contributed by atoms with E-state index in [0.717, 1.165) is 24.3 Å². The van der Waals surface area contributed by atoms with Crippen LogP contribution in [0.4, 0.5) is 17.6 Å². The van der Waals surface area contributed by atoms with Crippen molar-refractivity contribution in [3.05, 3.63) is 58.7 Å². The summed E-state index contributed by atoms with van der Waals surface area (Å²) in [5.41, 5.74) is -0.851. The van der Waals surface area contributed by atoms with Gasteiger partial charge in [0.2, 0.25) is 0 Å². The first-order valence-electron chi connectivity index (χ1n) is 8.34. The Balaban J connectivity index is 2.49. The molecule has 0 aliphatic heterocycles. The lowest BCUT2D eigenvalue weighted by Gasteiger charge is -2.28. The predicted molar refractivity (Wildman–Crippen MR) is 99.3 cm³/mol. The Bertz CT molecular complexity index is 1080. The van der Waals surface area contributed by atoms with Gasteiger partial charge in [-0.3, -0.25) is 9.11 Å². The Morgan fingerprint density at radius 1 is 0.700 bits per heavy atom. The van der Waals surface area contributed by atoms with Gasteiger partial charge in [-0.15, -0.1) is 0 Å². The number of halogens is 4. The van der Waals surface area contributed by atoms with Gasteiger partial charge in [-0.2, -0.15) is 34.4 Å². The van der Waals surface area contributed by atoms with Crippen LogP contribution in [0, 0.1) is 13.8 Å². The SMILES string of the molecule is Cc1ccc(S(=O)(=O)O)c(CC(F)(F)C(F)(F)Cc2cc(C)ccc2S(=O)(=O)O)c1. The molecule has 0 unspecified atom stereocenters. The van der Waals surface area contributed by atoms with Gasteiger partial charge < -0.3 is 0 Å². The van der Waals surface area contributed by atoms with Gasteiger partial charge >= 0.3 is 11.8 Å². The molecular formula is C18H18F4O6S2. The summed E-state index contributed by atoms with van der Waals surface area (Å²) < 4.78 is 122. The Kier molecular flexibility index (Phi) is 6.39. The highest BCUT2D eigenvalue weighted by Crippen LogP contribution is 2.41. The van der Waals surface area contributed by atoms with Crippen LogP contribution in [-0.2, 0) is 33.1 Å². The van der Waals surface area contributed by atoms with Gasteiger partial charge in [-0.25, -0.2) is 0 Å². The van der Waals surface area contributed by atoms with E-state index < -0.39 is 65.8 Å². The second kappa shape index (κ2) is 7.91. The second-order valence-electron chi connectivity index (χ2n) is 6.93. The maximum Gasteiger partial charge on any atom is 0.314 e. The van der Waals surface area contributed by atoms with Crippen molar-refractivity contribution >= 4 is 20.2 Å². The van der Waals surface area contributed by atoms with Crippen LogP contribution in [0.1, 0.15) is 22.3 Å². The molecule has 2 N–H and O–H groups in total. The molecule has 0 aliphatic carbocycles. The van der Waals surface area contributed by atoms with Crippen molar-refractivity contribution in [3.8, 4) is 0 Å². The molecule has 30 heavy (non-hydrogen) atoms. The Labute approximate surface area is 171 Å². The lowest BCUT2D eigenvalue weighted by molar-refractivity contribution is -0.207. The molecule has 0 aliphatic rings. The zero-order valence-corrected chi connectivity index (χ0v) is 17.4. The standard InChI is InChI=1S/C18H18F4O6S2/c1-11-3-5-15(29(23,24)25)13(7-11)9-17(19,20)18(21,22)10-14-8-12(2)4-6-16(14)30(26,27)28/h3-8H,9-10H2,1-2H3,(H,23,24,25)(H,26,27,28). The number of benzene rings is 2. The molecule has 0 fully saturated rings. The molecule has 12 heteroatoms. The van der Waals surface area contributed by atoms with Crippen molar-refractivity contribution in [2.75, 3.05) is 0 Å². The largest absolute Gasteiger partial charge is 0.314 e. The Morgan fingerprint density at radius 2 is 1.00 bits per heavy atom. The van der Waals surface area contributed by atoms with Crippen LogP contribution in [0.2, 0.25) is 0 Å². The molecule has 6 nitrogen and oxygen atoms in total. The third-order valence-corrected chi connectivity index (χ3v) is 6.26. The number of aryl methyl sites for hydroxylation is 2. The lowest BCUT2D eigenvalue weighted by atomic mass is 9.95. The first-order valence-corrected chi connectivity index (χ1v) is 11.2. The maximum absolute atomic E-state index is 14.6. The van der Waals surface area contributed by atoms with E-state index in [9.17, 15) is 43.5 Å². The van der Waals surface area contributed by atoms with Gasteiger partial charge in [0, 0.05) is 12.8 Å². The first kappa shape index (κ1) is 24.3. The van der Waals surface area contributed by atoms with Crippen LogP contribution in [-0.4, -0.2) is 37.8 Å². The normalized spacial score (nSPS) is 13.5. The first-order chi connectivity index (χ1) is 13.4. The molecule has 0 atom stereocenters. The van der Waals surface area contributed by atoms with E-state index in [0.29, 0.717) is 11.1 Å². The van der Waals surface area contributed by atoms with Gasteiger partial charge in [0.1, 0.15) is 0 Å². The van der Waals surface area contributed by atoms with Crippen LogP contribution in [0.3, 0.4) is 0 Å². The summed E-state index contributed by atoms with van der Waals surface area (Å²) in [6, 6.07) is 5.92. The molecule has 0 aromatic heterocycles. The molecule has 0 saturated carbocycles. The number of alkyl halides is 4. The van der Waals surface area contributed by atoms with Crippen LogP contribution in [0.25, 0.3) is 0 Å². The molecule has 0 radical (unpaired) electrons. The molecule has 0 amide bonds. The second-order valence-corrected chi connectivity index (χ2v) is 9.71. The fourth-order valence-corrected chi connectivity index (χ4v) is 4.34. The van der Waals surface area contributed by atoms with E-state index >= 15 is 0 Å². The molecule has 0 bridgehead atoms. The summed E-state index contributed by atoms with van der Waals surface area (Å²) in [5, 5.41) is 0. The molecule has 166 valence electrons. The van der Waals surface area contributed by atoms with E-state index in [1.165, 1.54) is 26.0 Å². The smallest absolute Gasteiger partial charge is 0.282 e. The topological polar surface area (TPSA) is 109 Å². The lowest BCUT2D eigenvalue weighted by Crippen LogP contribution is -2.44. The van der Waals surface area contributed by atoms with Crippen LogP contribution in [0.5, 0.6) is 0 Å². The Hall–Kier alpha value is -2.02. The van der Waals surface area contributed by atoms with E-state index in [2.05, 4.69) is 0 Å². The fraction of sp³-hybridized carbons (Fsp3) is 0.333. The monoisotopic (exact) mass is 470 g/mol. The third kappa shape index (κ3) is 5.36. The Morgan fingerprint density at radius 3 is 1.27 bits per heavy atom. The van der Waals surface area contributed by atoms with Crippen molar-refractivity contribution in [2.45, 2.75) is 48.3 Å². The van der Waals surface area contributed by atoms with E-state index in [-0.39, 0.29) is 0 Å². The predicted octanol–water partition coefficient (Wildman–Crippen LogP) is 3.85. The van der Waals surface area contributed by atoms with Crippen LogP contribution < -0.4 is 0 Å². The van der Waals surface area contributed by atoms with Crippen molar-refractivity contribution in [3.63, 3.8) is 0 Å². The minimum Gasteiger partial charge on any atom is -0.282 e. The van der Waals surface area contributed by atoms with Gasteiger partial charge in [-0.05, 0) is 37.1 Å². The molecular weight excluding hydrogens is 452 g/mol. The quantitative estimate of drug-likeness (QED) is 0.470. The average Bonchev–Trinajstić information content (AvgIpc) is 2.51. The third-order valence-electron chi connectivity index (χ3n) is 4.35.